The van der Waals surface area contributed by atoms with E-state index >= 15 is 0 Å². The summed E-state index contributed by atoms with van der Waals surface area (Å²) in [7, 11) is 1.21. The highest BCUT2D eigenvalue weighted by molar-refractivity contribution is 6.08. The number of para-hydroxylation sites is 1. The molecular weight excluding hydrogens is 402 g/mol. The highest BCUT2D eigenvalue weighted by atomic mass is 19.4. The maximum absolute atomic E-state index is 13.9. The fourth-order valence-electron chi connectivity index (χ4n) is 2.49. The molecule has 0 unspecified atom stereocenters. The van der Waals surface area contributed by atoms with E-state index in [4.69, 9.17) is 0 Å². The van der Waals surface area contributed by atoms with Crippen molar-refractivity contribution < 1.29 is 31.1 Å². The van der Waals surface area contributed by atoms with Crippen LogP contribution in [0.15, 0.2) is 42.5 Å². The maximum atomic E-state index is 13.9. The fourth-order valence-corrected chi connectivity index (χ4v) is 2.49. The summed E-state index contributed by atoms with van der Waals surface area (Å²) in [4.78, 5) is 12.5. The summed E-state index contributed by atoms with van der Waals surface area (Å²) < 4.78 is 79.9. The van der Waals surface area contributed by atoms with E-state index in [2.05, 4.69) is 15.7 Å². The van der Waals surface area contributed by atoms with Gasteiger partial charge in [0.2, 0.25) is 0 Å². The Bertz CT molecular complexity index is 1050. The minimum Gasteiger partial charge on any atom is -0.350 e. The molecule has 0 aliphatic carbocycles. The molecule has 0 aliphatic rings. The van der Waals surface area contributed by atoms with Crippen LogP contribution >= 0.6 is 0 Å². The number of benzene rings is 2. The number of rotatable bonds is 4. The van der Waals surface area contributed by atoms with Gasteiger partial charge < -0.3 is 10.6 Å². The van der Waals surface area contributed by atoms with E-state index in [1.165, 1.54) is 31.3 Å². The summed E-state index contributed by atoms with van der Waals surface area (Å²) in [5.74, 6) is -4.66. The minimum absolute atomic E-state index is 0.0485. The number of aromatic nitrogens is 2. The molecule has 29 heavy (non-hydrogen) atoms. The number of anilines is 3. The van der Waals surface area contributed by atoms with Crippen molar-refractivity contribution in [2.45, 2.75) is 6.18 Å². The molecule has 0 saturated heterocycles. The lowest BCUT2D eigenvalue weighted by Gasteiger charge is -2.13. The van der Waals surface area contributed by atoms with Crippen LogP contribution in [0.25, 0.3) is 0 Å². The molecule has 0 spiro atoms. The summed E-state index contributed by atoms with van der Waals surface area (Å²) in [5, 5.41) is 7.90. The molecule has 0 saturated carbocycles. The van der Waals surface area contributed by atoms with Gasteiger partial charge in [-0.25, -0.2) is 13.2 Å². The lowest BCUT2D eigenvalue weighted by molar-refractivity contribution is -0.141. The predicted octanol–water partition coefficient (Wildman–Crippen LogP) is 4.85. The van der Waals surface area contributed by atoms with Crippen LogP contribution < -0.4 is 10.6 Å². The number of nitrogens with zero attached hydrogens (tertiary/aromatic N) is 2. The van der Waals surface area contributed by atoms with Gasteiger partial charge in [0.1, 0.15) is 17.3 Å². The van der Waals surface area contributed by atoms with Crippen molar-refractivity contribution in [1.29, 1.82) is 0 Å². The lowest BCUT2D eigenvalue weighted by Crippen LogP contribution is -2.16. The Morgan fingerprint density at radius 3 is 2.24 bits per heavy atom. The van der Waals surface area contributed by atoms with Crippen LogP contribution in [0.1, 0.15) is 16.1 Å². The first-order valence-electron chi connectivity index (χ1n) is 7.99. The molecule has 2 aromatic carbocycles. The molecule has 1 amide bonds. The summed E-state index contributed by atoms with van der Waals surface area (Å²) in [6.45, 7) is 0. The average Bonchev–Trinajstić information content (AvgIpc) is 2.99. The summed E-state index contributed by atoms with van der Waals surface area (Å²) in [6.07, 6.45) is -4.70. The summed E-state index contributed by atoms with van der Waals surface area (Å²) >= 11 is 0. The van der Waals surface area contributed by atoms with Crippen molar-refractivity contribution >= 4 is 23.1 Å². The Balaban J connectivity index is 1.90. The monoisotopic (exact) mass is 414 g/mol. The predicted molar refractivity (Wildman–Crippen MR) is 92.2 cm³/mol. The molecular formula is C18H12F6N4O. The molecule has 0 fully saturated rings. The van der Waals surface area contributed by atoms with Crippen LogP contribution in [0.3, 0.4) is 0 Å². The van der Waals surface area contributed by atoms with Crippen molar-refractivity contribution in [3.8, 4) is 0 Å². The van der Waals surface area contributed by atoms with Crippen LogP contribution in [0, 0.1) is 17.5 Å². The van der Waals surface area contributed by atoms with Gasteiger partial charge in [-0.15, -0.1) is 0 Å². The second-order valence-corrected chi connectivity index (χ2v) is 5.91. The first-order chi connectivity index (χ1) is 13.6. The van der Waals surface area contributed by atoms with Crippen LogP contribution in [-0.2, 0) is 13.2 Å². The maximum Gasteiger partial charge on any atom is 0.435 e. The van der Waals surface area contributed by atoms with Crippen molar-refractivity contribution in [1.82, 2.24) is 9.78 Å². The van der Waals surface area contributed by atoms with Crippen LogP contribution in [0.5, 0.6) is 0 Å². The van der Waals surface area contributed by atoms with E-state index < -0.39 is 40.9 Å². The van der Waals surface area contributed by atoms with Crippen LogP contribution in [0.2, 0.25) is 0 Å². The van der Waals surface area contributed by atoms with Gasteiger partial charge in [0.15, 0.2) is 17.3 Å². The molecule has 5 nitrogen and oxygen atoms in total. The van der Waals surface area contributed by atoms with E-state index in [1.54, 1.807) is 0 Å². The highest BCUT2D eigenvalue weighted by Gasteiger charge is 2.34. The van der Waals surface area contributed by atoms with Crippen molar-refractivity contribution in [3.63, 3.8) is 0 Å². The first kappa shape index (κ1) is 20.2. The van der Waals surface area contributed by atoms with Gasteiger partial charge in [-0.2, -0.15) is 18.3 Å². The SMILES string of the molecule is Cn1nc(C(F)(F)F)cc1NC(=O)c1ccccc1Nc1c(F)cc(F)cc1F. The normalized spacial score (nSPS) is 11.4. The Morgan fingerprint density at radius 2 is 1.66 bits per heavy atom. The number of amides is 1. The fraction of sp³-hybridized carbons (Fsp3) is 0.111. The smallest absolute Gasteiger partial charge is 0.350 e. The van der Waals surface area contributed by atoms with Gasteiger partial charge in [-0.3, -0.25) is 9.48 Å². The van der Waals surface area contributed by atoms with Crippen molar-refractivity contribution in [2.75, 3.05) is 10.6 Å². The molecule has 1 aromatic heterocycles. The second kappa shape index (κ2) is 7.49. The average molecular weight is 414 g/mol. The van der Waals surface area contributed by atoms with Crippen LogP contribution in [-0.4, -0.2) is 15.7 Å². The molecule has 152 valence electrons. The molecule has 3 rings (SSSR count). The number of halogens is 6. The zero-order valence-electron chi connectivity index (χ0n) is 14.6. The van der Waals surface area contributed by atoms with Gasteiger partial charge in [0, 0.05) is 25.2 Å². The van der Waals surface area contributed by atoms with Gasteiger partial charge in [0.25, 0.3) is 5.91 Å². The number of carbonyl (C=O) groups excluding carboxylic acids is 1. The Kier molecular flexibility index (Phi) is 5.23. The van der Waals surface area contributed by atoms with E-state index in [9.17, 15) is 31.1 Å². The van der Waals surface area contributed by atoms with Gasteiger partial charge in [0.05, 0.1) is 11.3 Å². The highest BCUT2D eigenvalue weighted by Crippen LogP contribution is 2.30. The molecule has 0 bridgehead atoms. The lowest BCUT2D eigenvalue weighted by atomic mass is 10.1. The van der Waals surface area contributed by atoms with Gasteiger partial charge in [-0.05, 0) is 12.1 Å². The zero-order chi connectivity index (χ0) is 21.3. The van der Waals surface area contributed by atoms with Crippen LogP contribution in [0.4, 0.5) is 43.5 Å². The third-order valence-electron chi connectivity index (χ3n) is 3.85. The molecule has 0 aliphatic heterocycles. The number of hydrogen-bond acceptors (Lipinski definition) is 3. The number of hydrogen-bond donors (Lipinski definition) is 2. The topological polar surface area (TPSA) is 59.0 Å². The number of nitrogens with one attached hydrogen (secondary N) is 2. The molecule has 11 heteroatoms. The van der Waals surface area contributed by atoms with E-state index in [-0.39, 0.29) is 17.1 Å². The summed E-state index contributed by atoms with van der Waals surface area (Å²) in [6, 6.07) is 7.09. The number of carbonyl (C=O) groups is 1. The van der Waals surface area contributed by atoms with Gasteiger partial charge in [-0.1, -0.05) is 12.1 Å². The van der Waals surface area contributed by atoms with E-state index in [0.29, 0.717) is 18.2 Å². The number of alkyl halides is 3. The molecule has 3 aromatic rings. The van der Waals surface area contributed by atoms with E-state index in [0.717, 1.165) is 4.68 Å². The first-order valence-corrected chi connectivity index (χ1v) is 7.99. The second-order valence-electron chi connectivity index (χ2n) is 5.91. The standard InChI is InChI=1S/C18H12F6N4O/c1-28-15(8-14(27-28)18(22,23)24)26-17(29)10-4-2-3-5-13(10)25-16-11(20)6-9(19)7-12(16)21/h2-8,25H,1H3,(H,26,29). The third-order valence-corrected chi connectivity index (χ3v) is 3.85. The minimum atomic E-state index is -4.70. The molecule has 0 radical (unpaired) electrons. The Morgan fingerprint density at radius 1 is 1.03 bits per heavy atom. The van der Waals surface area contributed by atoms with Crippen molar-refractivity contribution in [2.24, 2.45) is 7.05 Å². The molecule has 0 atom stereocenters. The largest absolute Gasteiger partial charge is 0.435 e. The van der Waals surface area contributed by atoms with Gasteiger partial charge >= 0.3 is 6.18 Å². The third kappa shape index (κ3) is 4.33. The quantitative estimate of drug-likeness (QED) is 0.600. The molecule has 1 heterocycles. The number of aryl methyl sites for hydroxylation is 1. The van der Waals surface area contributed by atoms with Crippen molar-refractivity contribution in [3.05, 3.63) is 71.2 Å². The zero-order valence-corrected chi connectivity index (χ0v) is 14.6. The summed E-state index contributed by atoms with van der Waals surface area (Å²) in [5.41, 5.74) is -2.05. The Hall–Kier alpha value is -3.50. The Labute approximate surface area is 160 Å². The molecule has 2 N–H and O–H groups in total. The van der Waals surface area contributed by atoms with E-state index in [1.807, 2.05) is 0 Å².